The van der Waals surface area contributed by atoms with Gasteiger partial charge in [-0.1, -0.05) is 25.4 Å². The molecule has 6 nitrogen and oxygen atoms in total. The number of carbonyl (C=O) groups excluding carboxylic acids is 2. The van der Waals surface area contributed by atoms with E-state index in [1.165, 1.54) is 6.20 Å². The Labute approximate surface area is 123 Å². The Kier molecular flexibility index (Phi) is 5.05. The Morgan fingerprint density at radius 2 is 2.05 bits per heavy atom. The molecule has 0 fully saturated rings. The van der Waals surface area contributed by atoms with Crippen LogP contribution >= 0.6 is 11.6 Å². The average Bonchev–Trinajstić information content (AvgIpc) is 2.26. The van der Waals surface area contributed by atoms with Gasteiger partial charge >= 0.3 is 0 Å². The summed E-state index contributed by atoms with van der Waals surface area (Å²) in [4.78, 5) is 31.4. The van der Waals surface area contributed by atoms with Crippen LogP contribution in [0.15, 0.2) is 6.20 Å². The lowest BCUT2D eigenvalue weighted by molar-refractivity contribution is -0.119. The van der Waals surface area contributed by atoms with Crippen molar-refractivity contribution in [1.82, 2.24) is 15.3 Å². The van der Waals surface area contributed by atoms with Crippen molar-refractivity contribution in [1.29, 1.82) is 0 Å². The zero-order valence-corrected chi connectivity index (χ0v) is 12.8. The van der Waals surface area contributed by atoms with E-state index in [1.807, 2.05) is 13.8 Å². The molecule has 0 spiro atoms. The molecule has 0 atom stereocenters. The largest absolute Gasteiger partial charge is 0.370 e. The summed E-state index contributed by atoms with van der Waals surface area (Å²) in [5, 5.41) is 2.86. The summed E-state index contributed by atoms with van der Waals surface area (Å²) in [6.45, 7) is 7.24. The zero-order chi connectivity index (χ0) is 15.5. The minimum absolute atomic E-state index is 0.0263. The van der Waals surface area contributed by atoms with Crippen LogP contribution in [0, 0.1) is 0 Å². The summed E-state index contributed by atoms with van der Waals surface area (Å²) < 4.78 is 0. The predicted molar refractivity (Wildman–Crippen MR) is 76.5 cm³/mol. The number of halogens is 1. The lowest BCUT2D eigenvalue weighted by atomic mass is 10.00. The van der Waals surface area contributed by atoms with Crippen molar-refractivity contribution in [3.8, 4) is 0 Å². The van der Waals surface area contributed by atoms with Crippen molar-refractivity contribution in [2.45, 2.75) is 45.6 Å². The van der Waals surface area contributed by atoms with Crippen LogP contribution in [-0.4, -0.2) is 27.3 Å². The Morgan fingerprint density at radius 1 is 1.45 bits per heavy atom. The predicted octanol–water partition coefficient (Wildman–Crippen LogP) is 1.64. The second-order valence-corrected chi connectivity index (χ2v) is 5.97. The highest BCUT2D eigenvalue weighted by Gasteiger charge is 2.25. The maximum atomic E-state index is 12.2. The molecule has 20 heavy (non-hydrogen) atoms. The second kappa shape index (κ2) is 6.17. The van der Waals surface area contributed by atoms with Gasteiger partial charge in [0.25, 0.3) is 5.91 Å². The van der Waals surface area contributed by atoms with E-state index in [2.05, 4.69) is 15.3 Å². The van der Waals surface area contributed by atoms with Crippen molar-refractivity contribution < 1.29 is 9.59 Å². The maximum Gasteiger partial charge on any atom is 0.271 e. The molecule has 0 aromatic carbocycles. The Bertz CT molecular complexity index is 529. The molecule has 7 heteroatoms. The highest BCUT2D eigenvalue weighted by molar-refractivity contribution is 6.33. The summed E-state index contributed by atoms with van der Waals surface area (Å²) in [5.74, 6) is -0.331. The van der Waals surface area contributed by atoms with Crippen LogP contribution in [-0.2, 0) is 4.79 Å². The van der Waals surface area contributed by atoms with Gasteiger partial charge in [0.15, 0.2) is 0 Å². The van der Waals surface area contributed by atoms with Crippen molar-refractivity contribution in [3.05, 3.63) is 22.7 Å². The van der Waals surface area contributed by atoms with Crippen LogP contribution in [0.25, 0.3) is 0 Å². The number of hydrogen-bond acceptors (Lipinski definition) is 4. The molecule has 0 aliphatic heterocycles. The number of rotatable bonds is 5. The quantitative estimate of drug-likeness (QED) is 0.863. The van der Waals surface area contributed by atoms with E-state index < -0.39 is 17.4 Å². The number of carbonyl (C=O) groups is 2. The number of aromatic nitrogens is 2. The molecule has 2 amide bonds. The molecular weight excluding hydrogens is 280 g/mol. The minimum atomic E-state index is -0.769. The molecule has 1 aromatic heterocycles. The van der Waals surface area contributed by atoms with Gasteiger partial charge in [-0.3, -0.25) is 9.59 Å². The van der Waals surface area contributed by atoms with Gasteiger partial charge in [-0.25, -0.2) is 9.97 Å². The number of hydrogen-bond donors (Lipinski definition) is 2. The fraction of sp³-hybridized carbons (Fsp3) is 0.538. The van der Waals surface area contributed by atoms with Crippen LogP contribution in [0.1, 0.15) is 56.3 Å². The van der Waals surface area contributed by atoms with E-state index >= 15 is 0 Å². The molecule has 1 aromatic rings. The molecule has 1 rings (SSSR count). The highest BCUT2D eigenvalue weighted by atomic mass is 35.5. The molecule has 0 saturated carbocycles. The number of nitrogens with two attached hydrogens (primary N) is 1. The molecular formula is C13H19ClN4O2. The van der Waals surface area contributed by atoms with E-state index in [4.69, 9.17) is 17.3 Å². The van der Waals surface area contributed by atoms with Gasteiger partial charge in [0.05, 0.1) is 11.2 Å². The number of nitrogens with zero attached hydrogens (tertiary/aromatic N) is 2. The van der Waals surface area contributed by atoms with Gasteiger partial charge in [-0.2, -0.15) is 0 Å². The third-order valence-corrected chi connectivity index (χ3v) is 2.84. The SMILES string of the molecule is CC(C)c1ncc(Cl)c(C(=O)NC(C)(C)CC(N)=O)n1. The van der Waals surface area contributed by atoms with Gasteiger partial charge < -0.3 is 11.1 Å². The summed E-state index contributed by atoms with van der Waals surface area (Å²) in [7, 11) is 0. The fourth-order valence-corrected chi connectivity index (χ4v) is 1.84. The Morgan fingerprint density at radius 3 is 2.55 bits per heavy atom. The monoisotopic (exact) mass is 298 g/mol. The van der Waals surface area contributed by atoms with E-state index in [0.29, 0.717) is 5.82 Å². The summed E-state index contributed by atoms with van der Waals surface area (Å²) in [6.07, 6.45) is 1.43. The molecule has 1 heterocycles. The van der Waals surface area contributed by atoms with Gasteiger partial charge in [-0.05, 0) is 13.8 Å². The van der Waals surface area contributed by atoms with Crippen LogP contribution in [0.5, 0.6) is 0 Å². The smallest absolute Gasteiger partial charge is 0.271 e. The normalized spacial score (nSPS) is 11.5. The Balaban J connectivity index is 2.97. The van der Waals surface area contributed by atoms with Crippen LogP contribution in [0.3, 0.4) is 0 Å². The third kappa shape index (κ3) is 4.45. The minimum Gasteiger partial charge on any atom is -0.370 e. The number of amides is 2. The lowest BCUT2D eigenvalue weighted by Crippen LogP contribution is -2.46. The molecule has 0 unspecified atom stereocenters. The van der Waals surface area contributed by atoms with Crippen LogP contribution in [0.2, 0.25) is 5.02 Å². The summed E-state index contributed by atoms with van der Waals surface area (Å²) in [5.41, 5.74) is 4.48. The van der Waals surface area contributed by atoms with Gasteiger partial charge in [0.2, 0.25) is 5.91 Å². The van der Waals surface area contributed by atoms with Gasteiger partial charge in [0, 0.05) is 17.9 Å². The molecule has 0 bridgehead atoms. The topological polar surface area (TPSA) is 98.0 Å². The van der Waals surface area contributed by atoms with Crippen molar-refractivity contribution in [3.63, 3.8) is 0 Å². The zero-order valence-electron chi connectivity index (χ0n) is 12.0. The maximum absolute atomic E-state index is 12.2. The highest BCUT2D eigenvalue weighted by Crippen LogP contribution is 2.17. The van der Waals surface area contributed by atoms with Crippen molar-refractivity contribution in [2.75, 3.05) is 0 Å². The Hall–Kier alpha value is -1.69. The molecule has 0 aliphatic carbocycles. The van der Waals surface area contributed by atoms with E-state index in [-0.39, 0.29) is 23.1 Å². The van der Waals surface area contributed by atoms with Crippen LogP contribution in [0.4, 0.5) is 0 Å². The lowest BCUT2D eigenvalue weighted by Gasteiger charge is -2.24. The second-order valence-electron chi connectivity index (χ2n) is 5.56. The van der Waals surface area contributed by atoms with Gasteiger partial charge in [-0.15, -0.1) is 0 Å². The first kappa shape index (κ1) is 16.4. The fourth-order valence-electron chi connectivity index (χ4n) is 1.66. The first-order valence-electron chi connectivity index (χ1n) is 6.25. The average molecular weight is 299 g/mol. The molecule has 3 N–H and O–H groups in total. The third-order valence-electron chi connectivity index (χ3n) is 2.56. The number of nitrogens with one attached hydrogen (secondary N) is 1. The van der Waals surface area contributed by atoms with Crippen molar-refractivity contribution in [2.24, 2.45) is 5.73 Å². The molecule has 0 aliphatic rings. The molecule has 110 valence electrons. The van der Waals surface area contributed by atoms with Gasteiger partial charge in [0.1, 0.15) is 11.5 Å². The first-order valence-corrected chi connectivity index (χ1v) is 6.63. The van der Waals surface area contributed by atoms with E-state index in [1.54, 1.807) is 13.8 Å². The number of primary amides is 1. The van der Waals surface area contributed by atoms with E-state index in [9.17, 15) is 9.59 Å². The molecule has 0 radical (unpaired) electrons. The van der Waals surface area contributed by atoms with Crippen molar-refractivity contribution >= 4 is 23.4 Å². The summed E-state index contributed by atoms with van der Waals surface area (Å²) in [6, 6.07) is 0. The standard InChI is InChI=1S/C13H19ClN4O2/c1-7(2)11-16-6-8(14)10(17-11)12(20)18-13(3,4)5-9(15)19/h6-7H,5H2,1-4H3,(H2,15,19)(H,18,20). The first-order chi connectivity index (χ1) is 9.12. The summed E-state index contributed by atoms with van der Waals surface area (Å²) >= 11 is 5.95. The molecule has 0 saturated heterocycles. The van der Waals surface area contributed by atoms with Crippen LogP contribution < -0.4 is 11.1 Å². The van der Waals surface area contributed by atoms with E-state index in [0.717, 1.165) is 0 Å².